The molecule has 0 amide bonds. The molecule has 3 heteroatoms. The van der Waals surface area contributed by atoms with E-state index < -0.39 is 0 Å². The van der Waals surface area contributed by atoms with Gasteiger partial charge in [-0.25, -0.2) is 0 Å². The second-order valence-corrected chi connectivity index (χ2v) is 4.11. The van der Waals surface area contributed by atoms with Crippen LogP contribution in [0.15, 0.2) is 24.3 Å². The van der Waals surface area contributed by atoms with Gasteiger partial charge in [-0.15, -0.1) is 0 Å². The first-order valence-electron chi connectivity index (χ1n) is 5.41. The molecular weight excluding hydrogens is 190 g/mol. The zero-order chi connectivity index (χ0) is 10.7. The van der Waals surface area contributed by atoms with E-state index in [0.29, 0.717) is 6.61 Å². The Bertz CT molecular complexity index is 310. The van der Waals surface area contributed by atoms with Gasteiger partial charge in [0.1, 0.15) is 5.75 Å². The lowest BCUT2D eigenvalue weighted by Gasteiger charge is -2.16. The molecule has 1 fully saturated rings. The summed E-state index contributed by atoms with van der Waals surface area (Å²) in [7, 11) is 0. The summed E-state index contributed by atoms with van der Waals surface area (Å²) in [6.45, 7) is 0.582. The van der Waals surface area contributed by atoms with E-state index in [1.54, 1.807) is 12.1 Å². The molecule has 0 spiro atoms. The van der Waals surface area contributed by atoms with Crippen molar-refractivity contribution in [1.29, 1.82) is 0 Å². The molecule has 15 heavy (non-hydrogen) atoms. The van der Waals surface area contributed by atoms with Gasteiger partial charge in [-0.05, 0) is 37.0 Å². The molecule has 0 saturated heterocycles. The molecular formula is C12H17NO2. The van der Waals surface area contributed by atoms with Crippen LogP contribution in [-0.2, 0) is 11.3 Å². The van der Waals surface area contributed by atoms with Gasteiger partial charge < -0.3 is 15.6 Å². The second-order valence-electron chi connectivity index (χ2n) is 4.11. The molecule has 1 aliphatic carbocycles. The minimum Gasteiger partial charge on any atom is -0.508 e. The number of nitrogens with two attached hydrogens (primary N) is 1. The standard InChI is InChI=1S/C12H17NO2/c13-11-2-1-3-12(11)15-8-9-4-6-10(14)7-5-9/h4-7,11-12,14H,1-3,8,13H2. The molecule has 1 saturated carbocycles. The van der Waals surface area contributed by atoms with Crippen LogP contribution in [0.2, 0.25) is 0 Å². The van der Waals surface area contributed by atoms with E-state index in [4.69, 9.17) is 15.6 Å². The van der Waals surface area contributed by atoms with Crippen LogP contribution in [0, 0.1) is 0 Å². The van der Waals surface area contributed by atoms with Crippen molar-refractivity contribution in [3.63, 3.8) is 0 Å². The van der Waals surface area contributed by atoms with Crippen molar-refractivity contribution in [2.45, 2.75) is 38.0 Å². The van der Waals surface area contributed by atoms with E-state index in [1.165, 1.54) is 6.42 Å². The van der Waals surface area contributed by atoms with Gasteiger partial charge in [0.15, 0.2) is 0 Å². The van der Waals surface area contributed by atoms with Crippen molar-refractivity contribution in [2.75, 3.05) is 0 Å². The van der Waals surface area contributed by atoms with Crippen molar-refractivity contribution in [2.24, 2.45) is 5.73 Å². The highest BCUT2D eigenvalue weighted by Gasteiger charge is 2.24. The molecule has 0 bridgehead atoms. The first-order valence-corrected chi connectivity index (χ1v) is 5.41. The third kappa shape index (κ3) is 2.70. The Morgan fingerprint density at radius 1 is 1.27 bits per heavy atom. The van der Waals surface area contributed by atoms with Crippen molar-refractivity contribution >= 4 is 0 Å². The molecule has 2 atom stereocenters. The van der Waals surface area contributed by atoms with E-state index in [9.17, 15) is 0 Å². The SMILES string of the molecule is NC1CCCC1OCc1ccc(O)cc1. The van der Waals surface area contributed by atoms with Gasteiger partial charge in [0.25, 0.3) is 0 Å². The van der Waals surface area contributed by atoms with Gasteiger partial charge >= 0.3 is 0 Å². The maximum atomic E-state index is 9.12. The number of phenols is 1. The minimum absolute atomic E-state index is 0.196. The smallest absolute Gasteiger partial charge is 0.115 e. The number of hydrogen-bond acceptors (Lipinski definition) is 3. The highest BCUT2D eigenvalue weighted by molar-refractivity contribution is 5.25. The Morgan fingerprint density at radius 2 is 2.00 bits per heavy atom. The summed E-state index contributed by atoms with van der Waals surface area (Å²) >= 11 is 0. The van der Waals surface area contributed by atoms with Crippen molar-refractivity contribution in [3.8, 4) is 5.75 Å². The summed E-state index contributed by atoms with van der Waals surface area (Å²) in [6, 6.07) is 7.29. The lowest BCUT2D eigenvalue weighted by atomic mass is 10.2. The van der Waals surface area contributed by atoms with Gasteiger partial charge in [-0.1, -0.05) is 12.1 Å². The molecule has 1 aromatic rings. The number of ether oxygens (including phenoxy) is 1. The van der Waals surface area contributed by atoms with Crippen LogP contribution in [0.5, 0.6) is 5.75 Å². The second kappa shape index (κ2) is 4.64. The maximum absolute atomic E-state index is 9.12. The lowest BCUT2D eigenvalue weighted by Crippen LogP contribution is -2.31. The quantitative estimate of drug-likeness (QED) is 0.794. The van der Waals surface area contributed by atoms with Gasteiger partial charge in [0.05, 0.1) is 12.7 Å². The molecule has 1 aliphatic rings. The van der Waals surface area contributed by atoms with Gasteiger partial charge in [0, 0.05) is 6.04 Å². The molecule has 0 aromatic heterocycles. The average Bonchev–Trinajstić information content (AvgIpc) is 2.63. The van der Waals surface area contributed by atoms with E-state index in [2.05, 4.69) is 0 Å². The van der Waals surface area contributed by atoms with Crippen LogP contribution in [0.1, 0.15) is 24.8 Å². The van der Waals surface area contributed by atoms with Gasteiger partial charge in [-0.2, -0.15) is 0 Å². The number of benzene rings is 1. The average molecular weight is 207 g/mol. The van der Waals surface area contributed by atoms with Crippen LogP contribution in [0.4, 0.5) is 0 Å². The van der Waals surface area contributed by atoms with Crippen LogP contribution in [0.3, 0.4) is 0 Å². The van der Waals surface area contributed by atoms with Crippen LogP contribution in [0.25, 0.3) is 0 Å². The highest BCUT2D eigenvalue weighted by Crippen LogP contribution is 2.21. The largest absolute Gasteiger partial charge is 0.508 e. The summed E-state index contributed by atoms with van der Waals surface area (Å²) in [5, 5.41) is 9.12. The summed E-state index contributed by atoms with van der Waals surface area (Å²) in [5.74, 6) is 0.288. The normalized spacial score (nSPS) is 25.7. The van der Waals surface area contributed by atoms with Crippen molar-refractivity contribution < 1.29 is 9.84 Å². The maximum Gasteiger partial charge on any atom is 0.115 e. The molecule has 2 unspecified atom stereocenters. The number of hydrogen-bond donors (Lipinski definition) is 2. The molecule has 0 aliphatic heterocycles. The number of rotatable bonds is 3. The fourth-order valence-electron chi connectivity index (χ4n) is 1.96. The third-order valence-electron chi connectivity index (χ3n) is 2.90. The molecule has 82 valence electrons. The van der Waals surface area contributed by atoms with E-state index >= 15 is 0 Å². The van der Waals surface area contributed by atoms with Crippen molar-refractivity contribution in [1.82, 2.24) is 0 Å². The Labute approximate surface area is 89.9 Å². The summed E-state index contributed by atoms with van der Waals surface area (Å²) in [6.07, 6.45) is 3.51. The lowest BCUT2D eigenvalue weighted by molar-refractivity contribution is 0.0357. The molecule has 0 heterocycles. The van der Waals surface area contributed by atoms with Crippen molar-refractivity contribution in [3.05, 3.63) is 29.8 Å². The first-order chi connectivity index (χ1) is 7.25. The minimum atomic E-state index is 0.196. The highest BCUT2D eigenvalue weighted by atomic mass is 16.5. The zero-order valence-electron chi connectivity index (χ0n) is 8.73. The number of phenolic OH excluding ortho intramolecular Hbond substituents is 1. The van der Waals surface area contributed by atoms with Crippen LogP contribution in [-0.4, -0.2) is 17.3 Å². The third-order valence-corrected chi connectivity index (χ3v) is 2.90. The summed E-state index contributed by atoms with van der Waals surface area (Å²) in [5.41, 5.74) is 6.98. The fourth-order valence-corrected chi connectivity index (χ4v) is 1.96. The van der Waals surface area contributed by atoms with E-state index in [0.717, 1.165) is 18.4 Å². The Balaban J connectivity index is 1.85. The van der Waals surface area contributed by atoms with Crippen LogP contribution >= 0.6 is 0 Å². The fraction of sp³-hybridized carbons (Fsp3) is 0.500. The van der Waals surface area contributed by atoms with E-state index in [-0.39, 0.29) is 17.9 Å². The van der Waals surface area contributed by atoms with Crippen LogP contribution < -0.4 is 5.73 Å². The zero-order valence-corrected chi connectivity index (χ0v) is 8.73. The topological polar surface area (TPSA) is 55.5 Å². The molecule has 2 rings (SSSR count). The molecule has 0 radical (unpaired) electrons. The number of aromatic hydroxyl groups is 1. The van der Waals surface area contributed by atoms with E-state index in [1.807, 2.05) is 12.1 Å². The predicted molar refractivity (Wildman–Crippen MR) is 58.5 cm³/mol. The summed E-state index contributed by atoms with van der Waals surface area (Å²) in [4.78, 5) is 0. The monoisotopic (exact) mass is 207 g/mol. The van der Waals surface area contributed by atoms with Gasteiger partial charge in [0.2, 0.25) is 0 Å². The Hall–Kier alpha value is -1.06. The predicted octanol–water partition coefficient (Wildman–Crippen LogP) is 1.79. The molecule has 3 N–H and O–H groups in total. The summed E-state index contributed by atoms with van der Waals surface area (Å²) < 4.78 is 5.73. The van der Waals surface area contributed by atoms with Gasteiger partial charge in [-0.3, -0.25) is 0 Å². The first kappa shape index (κ1) is 10.5. The Kier molecular flexibility index (Phi) is 3.23. The molecule has 1 aromatic carbocycles. The molecule has 3 nitrogen and oxygen atoms in total. The Morgan fingerprint density at radius 3 is 2.60 bits per heavy atom.